The van der Waals surface area contributed by atoms with Gasteiger partial charge in [-0.25, -0.2) is 0 Å². The molecule has 3 heteroatoms. The highest BCUT2D eigenvalue weighted by molar-refractivity contribution is 4.95. The van der Waals surface area contributed by atoms with E-state index in [0.29, 0.717) is 17.1 Å². The molecule has 4 N–H and O–H groups in total. The zero-order chi connectivity index (χ0) is 12.5. The Labute approximate surface area is 104 Å². The van der Waals surface area contributed by atoms with Crippen molar-refractivity contribution >= 4 is 0 Å². The van der Waals surface area contributed by atoms with Crippen LogP contribution in [0.3, 0.4) is 0 Å². The fraction of sp³-hybridized carbons (Fsp3) is 0.714. The second-order valence-electron chi connectivity index (χ2n) is 6.81. The van der Waals surface area contributed by atoms with E-state index in [1.54, 1.807) is 6.26 Å². The fourth-order valence-corrected chi connectivity index (χ4v) is 3.48. The summed E-state index contributed by atoms with van der Waals surface area (Å²) in [6, 6.07) is 4.73. The molecule has 2 heterocycles. The molecule has 0 atom stereocenters. The van der Waals surface area contributed by atoms with E-state index >= 15 is 0 Å². The largest absolute Gasteiger partial charge is 0.463 e. The van der Waals surface area contributed by atoms with Crippen molar-refractivity contribution in [2.45, 2.75) is 64.2 Å². The Balaban J connectivity index is 1.92. The lowest BCUT2D eigenvalue weighted by Crippen LogP contribution is -3.09. The molecule has 1 fully saturated rings. The van der Waals surface area contributed by atoms with Crippen LogP contribution in [0.5, 0.6) is 0 Å². The Bertz CT molecular complexity index is 338. The van der Waals surface area contributed by atoms with Crippen LogP contribution in [-0.2, 0) is 6.54 Å². The van der Waals surface area contributed by atoms with Crippen molar-refractivity contribution in [2.75, 3.05) is 0 Å². The Hall–Kier alpha value is -0.800. The molecule has 1 aliphatic rings. The molecule has 1 saturated heterocycles. The van der Waals surface area contributed by atoms with Gasteiger partial charge in [0.15, 0.2) is 5.76 Å². The lowest BCUT2D eigenvalue weighted by molar-refractivity contribution is -0.817. The second-order valence-corrected chi connectivity index (χ2v) is 6.81. The first-order valence-corrected chi connectivity index (χ1v) is 6.59. The zero-order valence-electron chi connectivity index (χ0n) is 11.5. The van der Waals surface area contributed by atoms with Gasteiger partial charge >= 0.3 is 0 Å². The SMILES string of the molecule is CC1(C)CC([NH2+]Cc2ccco2)CC(C)(C)[NH2+]1. The summed E-state index contributed by atoms with van der Waals surface area (Å²) in [6.45, 7) is 10.4. The van der Waals surface area contributed by atoms with Gasteiger partial charge in [0.2, 0.25) is 0 Å². The van der Waals surface area contributed by atoms with Crippen LogP contribution in [-0.4, -0.2) is 17.1 Å². The third kappa shape index (κ3) is 3.58. The highest BCUT2D eigenvalue weighted by atomic mass is 16.3. The topological polar surface area (TPSA) is 46.4 Å². The summed E-state index contributed by atoms with van der Waals surface area (Å²) in [5.41, 5.74) is 0.707. The summed E-state index contributed by atoms with van der Waals surface area (Å²) >= 11 is 0. The van der Waals surface area contributed by atoms with Crippen molar-refractivity contribution in [3.05, 3.63) is 24.2 Å². The van der Waals surface area contributed by atoms with E-state index in [0.717, 1.165) is 12.3 Å². The second kappa shape index (κ2) is 4.46. The van der Waals surface area contributed by atoms with Crippen molar-refractivity contribution in [1.82, 2.24) is 0 Å². The van der Waals surface area contributed by atoms with Gasteiger partial charge in [0.1, 0.15) is 6.54 Å². The highest BCUT2D eigenvalue weighted by Gasteiger charge is 2.43. The molecule has 1 aromatic rings. The van der Waals surface area contributed by atoms with Crippen LogP contribution in [0.25, 0.3) is 0 Å². The molecule has 3 nitrogen and oxygen atoms in total. The molecule has 0 saturated carbocycles. The Morgan fingerprint density at radius 2 is 1.94 bits per heavy atom. The first-order valence-electron chi connectivity index (χ1n) is 6.59. The number of furan rings is 1. The van der Waals surface area contributed by atoms with E-state index in [1.807, 2.05) is 6.07 Å². The number of piperidine rings is 1. The summed E-state index contributed by atoms with van der Waals surface area (Å²) < 4.78 is 5.39. The predicted octanol–water partition coefficient (Wildman–Crippen LogP) is 0.626. The number of hydrogen-bond donors (Lipinski definition) is 2. The normalized spacial score (nSPS) is 23.8. The molecule has 96 valence electrons. The number of quaternary nitrogens is 2. The van der Waals surface area contributed by atoms with Crippen molar-refractivity contribution < 1.29 is 15.1 Å². The van der Waals surface area contributed by atoms with Gasteiger partial charge in [-0.1, -0.05) is 0 Å². The van der Waals surface area contributed by atoms with Gasteiger partial charge in [-0.2, -0.15) is 0 Å². The van der Waals surface area contributed by atoms with Crippen LogP contribution in [0.4, 0.5) is 0 Å². The molecule has 0 aromatic carbocycles. The third-order valence-electron chi connectivity index (χ3n) is 3.59. The van der Waals surface area contributed by atoms with Crippen LogP contribution < -0.4 is 10.6 Å². The molecule has 0 aliphatic carbocycles. The standard InChI is InChI=1S/C14H24N2O/c1-13(2)8-11(9-14(3,4)16-13)15-10-12-6-5-7-17-12/h5-7,11,15-16H,8-10H2,1-4H3/p+2. The van der Waals surface area contributed by atoms with E-state index in [2.05, 4.69) is 44.4 Å². The lowest BCUT2D eigenvalue weighted by Gasteiger charge is -2.41. The van der Waals surface area contributed by atoms with Gasteiger partial charge in [-0.15, -0.1) is 0 Å². The summed E-state index contributed by atoms with van der Waals surface area (Å²) in [7, 11) is 0. The van der Waals surface area contributed by atoms with E-state index < -0.39 is 0 Å². The van der Waals surface area contributed by atoms with Gasteiger partial charge in [0.25, 0.3) is 0 Å². The average Bonchev–Trinajstić information content (AvgIpc) is 2.61. The summed E-state index contributed by atoms with van der Waals surface area (Å²) in [4.78, 5) is 0. The highest BCUT2D eigenvalue weighted by Crippen LogP contribution is 2.19. The Kier molecular flexibility index (Phi) is 3.32. The smallest absolute Gasteiger partial charge is 0.157 e. The number of nitrogens with two attached hydrogens (primary N) is 2. The maximum Gasteiger partial charge on any atom is 0.157 e. The molecular weight excluding hydrogens is 212 g/mol. The molecular formula is C14H26N2O+2. The van der Waals surface area contributed by atoms with E-state index in [-0.39, 0.29) is 0 Å². The quantitative estimate of drug-likeness (QED) is 0.797. The van der Waals surface area contributed by atoms with Crippen molar-refractivity contribution in [3.8, 4) is 0 Å². The molecule has 2 rings (SSSR count). The van der Waals surface area contributed by atoms with E-state index in [1.165, 1.54) is 12.8 Å². The van der Waals surface area contributed by atoms with Gasteiger partial charge in [0.05, 0.1) is 36.2 Å². The number of rotatable bonds is 3. The fourth-order valence-electron chi connectivity index (χ4n) is 3.48. The minimum absolute atomic E-state index is 0.353. The third-order valence-corrected chi connectivity index (χ3v) is 3.59. The zero-order valence-corrected chi connectivity index (χ0v) is 11.5. The summed E-state index contributed by atoms with van der Waals surface area (Å²) in [5.74, 6) is 1.08. The van der Waals surface area contributed by atoms with Gasteiger partial charge in [0, 0.05) is 0 Å². The first-order chi connectivity index (χ1) is 7.86. The molecule has 1 aromatic heterocycles. The average molecular weight is 238 g/mol. The van der Waals surface area contributed by atoms with Gasteiger partial charge in [-0.3, -0.25) is 0 Å². The van der Waals surface area contributed by atoms with Crippen molar-refractivity contribution in [3.63, 3.8) is 0 Å². The maximum absolute atomic E-state index is 5.39. The van der Waals surface area contributed by atoms with Crippen molar-refractivity contribution in [1.29, 1.82) is 0 Å². The van der Waals surface area contributed by atoms with Gasteiger partial charge in [-0.05, 0) is 39.8 Å². The molecule has 0 radical (unpaired) electrons. The Morgan fingerprint density at radius 1 is 1.29 bits per heavy atom. The molecule has 17 heavy (non-hydrogen) atoms. The van der Waals surface area contributed by atoms with Crippen LogP contribution in [0, 0.1) is 0 Å². The maximum atomic E-state index is 5.39. The molecule has 1 aliphatic heterocycles. The summed E-state index contributed by atoms with van der Waals surface area (Å²) in [5, 5.41) is 4.96. The molecule has 0 spiro atoms. The minimum Gasteiger partial charge on any atom is -0.463 e. The van der Waals surface area contributed by atoms with E-state index in [9.17, 15) is 0 Å². The van der Waals surface area contributed by atoms with Crippen LogP contribution in [0.1, 0.15) is 46.3 Å². The summed E-state index contributed by atoms with van der Waals surface area (Å²) in [6.07, 6.45) is 4.28. The monoisotopic (exact) mass is 238 g/mol. The van der Waals surface area contributed by atoms with Crippen LogP contribution >= 0.6 is 0 Å². The Morgan fingerprint density at radius 3 is 2.47 bits per heavy atom. The van der Waals surface area contributed by atoms with Crippen LogP contribution in [0.15, 0.2) is 22.8 Å². The molecule has 0 amide bonds. The number of hydrogen-bond acceptors (Lipinski definition) is 1. The van der Waals surface area contributed by atoms with Crippen molar-refractivity contribution in [2.24, 2.45) is 0 Å². The first kappa shape index (κ1) is 12.7. The molecule has 0 bridgehead atoms. The van der Waals surface area contributed by atoms with Gasteiger partial charge < -0.3 is 15.1 Å². The molecule has 0 unspecified atom stereocenters. The predicted molar refractivity (Wildman–Crippen MR) is 67.4 cm³/mol. The van der Waals surface area contributed by atoms with Crippen LogP contribution in [0.2, 0.25) is 0 Å². The minimum atomic E-state index is 0.353. The lowest BCUT2D eigenvalue weighted by atomic mass is 9.79. The van der Waals surface area contributed by atoms with E-state index in [4.69, 9.17) is 4.42 Å².